The van der Waals surface area contributed by atoms with Crippen molar-refractivity contribution in [2.75, 3.05) is 4.90 Å². The Kier molecular flexibility index (Phi) is 4.26. The SMILES string of the molecule is Cc1ccnc(S[C@H]2CC(=O)N(c3ccc(Br)cc3)C2=O)n1. The third-order valence-electron chi connectivity index (χ3n) is 3.21. The van der Waals surface area contributed by atoms with E-state index in [1.54, 1.807) is 36.5 Å². The summed E-state index contributed by atoms with van der Waals surface area (Å²) in [5.41, 5.74) is 1.42. The molecule has 2 heterocycles. The van der Waals surface area contributed by atoms with Gasteiger partial charge < -0.3 is 0 Å². The molecule has 0 saturated carbocycles. The standard InChI is InChI=1S/C15H12BrN3O2S/c1-9-6-7-17-15(18-9)22-12-8-13(20)19(14(12)21)11-4-2-10(16)3-5-11/h2-7,12H,8H2,1H3/t12-/m0/s1. The van der Waals surface area contributed by atoms with E-state index in [0.29, 0.717) is 10.8 Å². The Morgan fingerprint density at radius 3 is 2.64 bits per heavy atom. The van der Waals surface area contributed by atoms with Crippen LogP contribution in [0.2, 0.25) is 0 Å². The van der Waals surface area contributed by atoms with Crippen molar-refractivity contribution in [2.24, 2.45) is 0 Å². The Labute approximate surface area is 140 Å². The molecule has 0 spiro atoms. The summed E-state index contributed by atoms with van der Waals surface area (Å²) >= 11 is 4.57. The number of hydrogen-bond donors (Lipinski definition) is 0. The van der Waals surface area contributed by atoms with Gasteiger partial charge in [-0.1, -0.05) is 27.7 Å². The number of amides is 2. The third kappa shape index (κ3) is 3.05. The molecule has 22 heavy (non-hydrogen) atoms. The van der Waals surface area contributed by atoms with Crippen LogP contribution in [0.4, 0.5) is 5.69 Å². The van der Waals surface area contributed by atoms with Gasteiger partial charge >= 0.3 is 0 Å². The first-order chi connectivity index (χ1) is 10.5. The number of nitrogens with zero attached hydrogens (tertiary/aromatic N) is 3. The zero-order valence-electron chi connectivity index (χ0n) is 11.7. The summed E-state index contributed by atoms with van der Waals surface area (Å²) in [5.74, 6) is -0.417. The zero-order valence-corrected chi connectivity index (χ0v) is 14.1. The van der Waals surface area contributed by atoms with Crippen LogP contribution in [0.25, 0.3) is 0 Å². The van der Waals surface area contributed by atoms with Gasteiger partial charge in [-0.25, -0.2) is 14.9 Å². The molecule has 0 bridgehead atoms. The average Bonchev–Trinajstić information content (AvgIpc) is 2.75. The molecule has 1 aromatic carbocycles. The molecule has 0 aliphatic carbocycles. The van der Waals surface area contributed by atoms with E-state index >= 15 is 0 Å². The van der Waals surface area contributed by atoms with Crippen molar-refractivity contribution in [3.8, 4) is 0 Å². The van der Waals surface area contributed by atoms with Crippen molar-refractivity contribution in [3.05, 3.63) is 46.7 Å². The van der Waals surface area contributed by atoms with Crippen LogP contribution in [0.1, 0.15) is 12.1 Å². The molecular formula is C15H12BrN3O2S. The van der Waals surface area contributed by atoms with E-state index in [4.69, 9.17) is 0 Å². The number of aromatic nitrogens is 2. The van der Waals surface area contributed by atoms with E-state index in [1.165, 1.54) is 16.7 Å². The van der Waals surface area contributed by atoms with Crippen molar-refractivity contribution in [1.29, 1.82) is 0 Å². The molecular weight excluding hydrogens is 366 g/mol. The molecule has 0 N–H and O–H groups in total. The number of thioether (sulfide) groups is 1. The third-order valence-corrected chi connectivity index (χ3v) is 4.80. The molecule has 1 aromatic heterocycles. The lowest BCUT2D eigenvalue weighted by atomic mass is 10.3. The highest BCUT2D eigenvalue weighted by molar-refractivity contribution is 9.10. The Bertz CT molecular complexity index is 736. The summed E-state index contributed by atoms with van der Waals surface area (Å²) in [5, 5.41) is 0.0433. The summed E-state index contributed by atoms with van der Waals surface area (Å²) in [6.07, 6.45) is 1.81. The van der Waals surface area contributed by atoms with Gasteiger partial charge in [-0.15, -0.1) is 0 Å². The van der Waals surface area contributed by atoms with Gasteiger partial charge in [0.2, 0.25) is 11.8 Å². The number of benzene rings is 1. The second-order valence-corrected chi connectivity index (χ2v) is 6.92. The minimum absolute atomic E-state index is 0.164. The molecule has 2 amide bonds. The first-order valence-electron chi connectivity index (χ1n) is 6.63. The van der Waals surface area contributed by atoms with Crippen LogP contribution in [-0.2, 0) is 9.59 Å². The number of aryl methyl sites for hydroxylation is 1. The Morgan fingerprint density at radius 1 is 1.23 bits per heavy atom. The summed E-state index contributed by atoms with van der Waals surface area (Å²) in [6.45, 7) is 1.86. The molecule has 1 atom stereocenters. The van der Waals surface area contributed by atoms with Crippen LogP contribution in [-0.4, -0.2) is 27.0 Å². The number of halogens is 1. The quantitative estimate of drug-likeness (QED) is 0.607. The number of carbonyl (C=O) groups is 2. The second-order valence-electron chi connectivity index (χ2n) is 4.84. The first kappa shape index (κ1) is 15.2. The molecule has 1 fully saturated rings. The molecule has 5 nitrogen and oxygen atoms in total. The van der Waals surface area contributed by atoms with E-state index in [9.17, 15) is 9.59 Å². The van der Waals surface area contributed by atoms with Crippen LogP contribution in [0.3, 0.4) is 0 Å². The summed E-state index contributed by atoms with van der Waals surface area (Å²) in [6, 6.07) is 8.89. The lowest BCUT2D eigenvalue weighted by Crippen LogP contribution is -2.31. The largest absolute Gasteiger partial charge is 0.274 e. The number of carbonyl (C=O) groups excluding carboxylic acids is 2. The van der Waals surface area contributed by atoms with Gasteiger partial charge in [-0.3, -0.25) is 9.59 Å². The normalized spacial score (nSPS) is 18.1. The lowest BCUT2D eigenvalue weighted by Gasteiger charge is -2.14. The van der Waals surface area contributed by atoms with Gasteiger partial charge in [0.05, 0.1) is 5.69 Å². The highest BCUT2D eigenvalue weighted by atomic mass is 79.9. The monoisotopic (exact) mass is 377 g/mol. The van der Waals surface area contributed by atoms with Gasteiger partial charge in [0.15, 0.2) is 5.16 Å². The topological polar surface area (TPSA) is 63.2 Å². The Morgan fingerprint density at radius 2 is 1.95 bits per heavy atom. The van der Waals surface area contributed by atoms with E-state index in [0.717, 1.165) is 10.2 Å². The molecule has 0 radical (unpaired) electrons. The summed E-state index contributed by atoms with van der Waals surface area (Å²) in [4.78, 5) is 34.3. The number of rotatable bonds is 3. The Hall–Kier alpha value is -1.73. The van der Waals surface area contributed by atoms with Gasteiger partial charge in [0, 0.05) is 22.8 Å². The van der Waals surface area contributed by atoms with Crippen LogP contribution in [0.5, 0.6) is 0 Å². The van der Waals surface area contributed by atoms with E-state index in [1.807, 2.05) is 6.92 Å². The maximum absolute atomic E-state index is 12.5. The Balaban J connectivity index is 1.81. The molecule has 1 aliphatic rings. The van der Waals surface area contributed by atoms with Gasteiger partial charge in [0.1, 0.15) is 5.25 Å². The van der Waals surface area contributed by atoms with E-state index in [-0.39, 0.29) is 18.2 Å². The average molecular weight is 378 g/mol. The minimum Gasteiger partial charge on any atom is -0.274 e. The van der Waals surface area contributed by atoms with Gasteiger partial charge in [-0.2, -0.15) is 0 Å². The zero-order chi connectivity index (χ0) is 15.7. The van der Waals surface area contributed by atoms with E-state index < -0.39 is 5.25 Å². The van der Waals surface area contributed by atoms with Crippen molar-refractivity contribution in [1.82, 2.24) is 9.97 Å². The fourth-order valence-electron chi connectivity index (χ4n) is 2.17. The molecule has 3 rings (SSSR count). The predicted octanol–water partition coefficient (Wildman–Crippen LogP) is 2.97. The fraction of sp³-hybridized carbons (Fsp3) is 0.200. The summed E-state index contributed by atoms with van der Waals surface area (Å²) in [7, 11) is 0. The predicted molar refractivity (Wildman–Crippen MR) is 87.7 cm³/mol. The van der Waals surface area contributed by atoms with Crippen LogP contribution < -0.4 is 4.90 Å². The maximum Gasteiger partial charge on any atom is 0.247 e. The molecule has 112 valence electrons. The van der Waals surface area contributed by atoms with Crippen molar-refractivity contribution in [3.63, 3.8) is 0 Å². The molecule has 0 unspecified atom stereocenters. The van der Waals surface area contributed by atoms with E-state index in [2.05, 4.69) is 25.9 Å². The smallest absolute Gasteiger partial charge is 0.247 e. The first-order valence-corrected chi connectivity index (χ1v) is 8.30. The van der Waals surface area contributed by atoms with Crippen molar-refractivity contribution >= 4 is 45.2 Å². The number of hydrogen-bond acceptors (Lipinski definition) is 5. The van der Waals surface area contributed by atoms with Crippen LogP contribution >= 0.6 is 27.7 Å². The molecule has 1 aliphatic heterocycles. The summed E-state index contributed by atoms with van der Waals surface area (Å²) < 4.78 is 0.898. The highest BCUT2D eigenvalue weighted by Crippen LogP contribution is 2.32. The number of anilines is 1. The highest BCUT2D eigenvalue weighted by Gasteiger charge is 2.40. The van der Waals surface area contributed by atoms with Crippen molar-refractivity contribution in [2.45, 2.75) is 23.8 Å². The molecule has 1 saturated heterocycles. The lowest BCUT2D eigenvalue weighted by molar-refractivity contribution is -0.121. The minimum atomic E-state index is -0.474. The van der Waals surface area contributed by atoms with Gasteiger partial charge in [0.25, 0.3) is 0 Å². The second kappa shape index (κ2) is 6.18. The maximum atomic E-state index is 12.5. The van der Waals surface area contributed by atoms with Crippen molar-refractivity contribution < 1.29 is 9.59 Å². The van der Waals surface area contributed by atoms with Gasteiger partial charge in [-0.05, 0) is 37.3 Å². The van der Waals surface area contributed by atoms with Crippen LogP contribution in [0, 0.1) is 6.92 Å². The number of imide groups is 1. The molecule has 2 aromatic rings. The fourth-order valence-corrected chi connectivity index (χ4v) is 3.44. The van der Waals surface area contributed by atoms with Crippen LogP contribution in [0.15, 0.2) is 46.2 Å². The molecule has 7 heteroatoms.